The minimum absolute atomic E-state index is 0.233. The molecule has 1 amide bonds. The highest BCUT2D eigenvalue weighted by molar-refractivity contribution is 6.30. The van der Waals surface area contributed by atoms with Gasteiger partial charge in [0.25, 0.3) is 5.91 Å². The molecule has 1 fully saturated rings. The molecular formula is C25H27ClFN7O2. The third kappa shape index (κ3) is 5.51. The van der Waals surface area contributed by atoms with Gasteiger partial charge in [-0.25, -0.2) is 9.37 Å². The summed E-state index contributed by atoms with van der Waals surface area (Å²) >= 11 is 6.12. The number of rotatable bonds is 7. The lowest BCUT2D eigenvalue weighted by molar-refractivity contribution is 0.0947. The summed E-state index contributed by atoms with van der Waals surface area (Å²) < 4.78 is 20.5. The largest absolute Gasteiger partial charge is 0.486 e. The highest BCUT2D eigenvalue weighted by atomic mass is 35.5. The fourth-order valence-corrected chi connectivity index (χ4v) is 4.41. The fraction of sp³-hybridized carbons (Fsp3) is 0.320. The van der Waals surface area contributed by atoms with Gasteiger partial charge in [-0.2, -0.15) is 0 Å². The predicted molar refractivity (Wildman–Crippen MR) is 138 cm³/mol. The highest BCUT2D eigenvalue weighted by Gasteiger charge is 2.22. The molecule has 4 heterocycles. The molecule has 2 aromatic heterocycles. The van der Waals surface area contributed by atoms with Gasteiger partial charge < -0.3 is 26.0 Å². The topological polar surface area (TPSA) is 103 Å². The van der Waals surface area contributed by atoms with Crippen molar-refractivity contribution in [3.63, 3.8) is 0 Å². The van der Waals surface area contributed by atoms with Crippen LogP contribution >= 0.6 is 11.6 Å². The smallest absolute Gasteiger partial charge is 0.255 e. The van der Waals surface area contributed by atoms with E-state index in [0.717, 1.165) is 32.7 Å². The van der Waals surface area contributed by atoms with Crippen LogP contribution in [0.3, 0.4) is 0 Å². The zero-order valence-corrected chi connectivity index (χ0v) is 20.4. The maximum absolute atomic E-state index is 14.6. The second-order valence-corrected chi connectivity index (χ2v) is 8.96. The summed E-state index contributed by atoms with van der Waals surface area (Å²) in [7, 11) is 0. The lowest BCUT2D eigenvalue weighted by Gasteiger charge is -2.27. The van der Waals surface area contributed by atoms with Crippen LogP contribution in [-0.2, 0) is 0 Å². The lowest BCUT2D eigenvalue weighted by atomic mass is 10.1. The molecule has 1 saturated heterocycles. The van der Waals surface area contributed by atoms with Gasteiger partial charge in [0.15, 0.2) is 11.6 Å². The Morgan fingerprint density at radius 2 is 2.03 bits per heavy atom. The molecule has 0 radical (unpaired) electrons. The van der Waals surface area contributed by atoms with Crippen LogP contribution in [-0.4, -0.2) is 73.2 Å². The van der Waals surface area contributed by atoms with Gasteiger partial charge in [-0.1, -0.05) is 11.6 Å². The number of aromatic nitrogens is 2. The van der Waals surface area contributed by atoms with Crippen LogP contribution in [0.4, 0.5) is 21.6 Å². The number of benzene rings is 1. The molecule has 36 heavy (non-hydrogen) atoms. The highest BCUT2D eigenvalue weighted by Crippen LogP contribution is 2.40. The number of amides is 1. The Morgan fingerprint density at radius 3 is 2.89 bits per heavy atom. The third-order valence-corrected chi connectivity index (χ3v) is 6.31. The van der Waals surface area contributed by atoms with Gasteiger partial charge in [0.05, 0.1) is 29.2 Å². The zero-order valence-electron chi connectivity index (χ0n) is 19.6. The van der Waals surface area contributed by atoms with E-state index in [4.69, 9.17) is 16.3 Å². The molecule has 0 saturated carbocycles. The number of halogens is 2. The van der Waals surface area contributed by atoms with Crippen molar-refractivity contribution in [2.75, 3.05) is 63.1 Å². The van der Waals surface area contributed by atoms with Gasteiger partial charge in [0, 0.05) is 62.2 Å². The quantitative estimate of drug-likeness (QED) is 0.384. The van der Waals surface area contributed by atoms with Gasteiger partial charge in [0.2, 0.25) is 0 Å². The Hall–Kier alpha value is -3.47. The Kier molecular flexibility index (Phi) is 7.45. The van der Waals surface area contributed by atoms with Crippen molar-refractivity contribution in [3.05, 3.63) is 59.1 Å². The van der Waals surface area contributed by atoms with Gasteiger partial charge in [-0.3, -0.25) is 14.7 Å². The second-order valence-electron chi connectivity index (χ2n) is 8.53. The standard InChI is InChI=1S/C25H27ClFN7O2/c26-16-1-2-19(27)17(13-16)21-14-22(23-24(33-21)30-8-12-36-23)32-20-3-4-29-15-18(20)25(35)31-7-11-34-9-5-28-6-10-34/h1-4,13-15,28H,5-12H2,(H,31,35)(H2,29,30,32,33). The molecule has 0 unspecified atom stereocenters. The molecule has 0 bridgehead atoms. The molecule has 5 rings (SSSR count). The van der Waals surface area contributed by atoms with Crippen LogP contribution < -0.4 is 26.0 Å². The molecule has 9 nitrogen and oxygen atoms in total. The first kappa shape index (κ1) is 24.2. The molecule has 0 atom stereocenters. The Bertz CT molecular complexity index is 1250. The van der Waals surface area contributed by atoms with E-state index in [9.17, 15) is 9.18 Å². The van der Waals surface area contributed by atoms with Crippen LogP contribution in [0.25, 0.3) is 11.3 Å². The van der Waals surface area contributed by atoms with Crippen molar-refractivity contribution >= 4 is 34.7 Å². The predicted octanol–water partition coefficient (Wildman–Crippen LogP) is 3.12. The molecule has 2 aliphatic rings. The van der Waals surface area contributed by atoms with Gasteiger partial charge in [-0.05, 0) is 30.3 Å². The molecular weight excluding hydrogens is 485 g/mol. The summed E-state index contributed by atoms with van der Waals surface area (Å²) in [6.07, 6.45) is 3.12. The summed E-state index contributed by atoms with van der Waals surface area (Å²) in [4.78, 5) is 24.0. The number of ether oxygens (including phenoxy) is 1. The Morgan fingerprint density at radius 1 is 1.17 bits per heavy atom. The normalized spacial score (nSPS) is 15.4. The summed E-state index contributed by atoms with van der Waals surface area (Å²) in [5, 5.41) is 13.2. The molecule has 188 valence electrons. The second kappa shape index (κ2) is 11.1. The number of fused-ring (bicyclic) bond motifs is 1. The zero-order chi connectivity index (χ0) is 24.9. The van der Waals surface area contributed by atoms with E-state index < -0.39 is 5.82 Å². The van der Waals surface area contributed by atoms with Crippen molar-refractivity contribution in [3.8, 4) is 17.0 Å². The third-order valence-electron chi connectivity index (χ3n) is 6.08. The maximum Gasteiger partial charge on any atom is 0.255 e. The van der Waals surface area contributed by atoms with Crippen molar-refractivity contribution < 1.29 is 13.9 Å². The number of anilines is 3. The van der Waals surface area contributed by atoms with Crippen LogP contribution in [0.15, 0.2) is 42.7 Å². The minimum Gasteiger partial charge on any atom is -0.486 e. The minimum atomic E-state index is -0.442. The monoisotopic (exact) mass is 511 g/mol. The van der Waals surface area contributed by atoms with Gasteiger partial charge in [-0.15, -0.1) is 0 Å². The van der Waals surface area contributed by atoms with Gasteiger partial charge in [0.1, 0.15) is 12.4 Å². The van der Waals surface area contributed by atoms with Crippen molar-refractivity contribution in [1.29, 1.82) is 0 Å². The van der Waals surface area contributed by atoms with E-state index in [2.05, 4.69) is 36.1 Å². The number of nitrogens with zero attached hydrogens (tertiary/aromatic N) is 3. The summed E-state index contributed by atoms with van der Waals surface area (Å²) in [6.45, 7) is 6.17. The number of nitrogens with one attached hydrogen (secondary N) is 4. The molecule has 1 aromatic carbocycles. The molecule has 2 aliphatic heterocycles. The Balaban J connectivity index is 1.40. The van der Waals surface area contributed by atoms with E-state index in [1.807, 2.05) is 0 Å². The Labute approximate surface area is 213 Å². The molecule has 0 aliphatic carbocycles. The van der Waals surface area contributed by atoms with Crippen LogP contribution in [0.5, 0.6) is 5.75 Å². The van der Waals surface area contributed by atoms with Crippen LogP contribution in [0.2, 0.25) is 5.02 Å². The first-order valence-corrected chi connectivity index (χ1v) is 12.3. The average molecular weight is 512 g/mol. The van der Waals surface area contributed by atoms with Crippen molar-refractivity contribution in [1.82, 2.24) is 25.5 Å². The molecule has 11 heteroatoms. The van der Waals surface area contributed by atoms with E-state index in [-0.39, 0.29) is 11.5 Å². The van der Waals surface area contributed by atoms with Crippen molar-refractivity contribution in [2.45, 2.75) is 0 Å². The van der Waals surface area contributed by atoms with Crippen LogP contribution in [0, 0.1) is 5.82 Å². The van der Waals surface area contributed by atoms with Crippen LogP contribution in [0.1, 0.15) is 10.4 Å². The summed E-state index contributed by atoms with van der Waals surface area (Å²) in [6, 6.07) is 7.73. The number of pyridine rings is 2. The lowest BCUT2D eigenvalue weighted by Crippen LogP contribution is -2.46. The fourth-order valence-electron chi connectivity index (χ4n) is 4.23. The summed E-state index contributed by atoms with van der Waals surface area (Å²) in [5.41, 5.74) is 2.13. The van der Waals surface area contributed by atoms with E-state index in [1.54, 1.807) is 18.3 Å². The maximum atomic E-state index is 14.6. The number of carbonyl (C=O) groups excluding carboxylic acids is 1. The van der Waals surface area contributed by atoms with E-state index >= 15 is 0 Å². The average Bonchev–Trinajstić information content (AvgIpc) is 2.91. The number of carbonyl (C=O) groups is 1. The van der Waals surface area contributed by atoms with Gasteiger partial charge >= 0.3 is 0 Å². The number of hydrogen-bond acceptors (Lipinski definition) is 8. The first-order chi connectivity index (χ1) is 17.6. The molecule has 3 aromatic rings. The number of piperazine rings is 1. The molecule has 0 spiro atoms. The van der Waals surface area contributed by atoms with Crippen molar-refractivity contribution in [2.24, 2.45) is 0 Å². The molecule has 4 N–H and O–H groups in total. The first-order valence-electron chi connectivity index (χ1n) is 11.9. The van der Waals surface area contributed by atoms with E-state index in [0.29, 0.717) is 58.9 Å². The van der Waals surface area contributed by atoms with E-state index in [1.165, 1.54) is 24.4 Å². The SMILES string of the molecule is O=C(NCCN1CCNCC1)c1cnccc1Nc1cc(-c2cc(Cl)ccc2F)nc2c1OCCN2. The summed E-state index contributed by atoms with van der Waals surface area (Å²) in [5.74, 6) is 0.304. The number of hydrogen-bond donors (Lipinski definition) is 4.